The number of aliphatic hydroxyl groups excluding tert-OH is 1. The average Bonchev–Trinajstić information content (AvgIpc) is 2.28. The molecular formula is C9H9F3N2O3. The smallest absolute Gasteiger partial charge is 0.289 e. The highest BCUT2D eigenvalue weighted by molar-refractivity contribution is 5.43. The van der Waals surface area contributed by atoms with E-state index in [0.29, 0.717) is 6.07 Å². The molecule has 1 aromatic carbocycles. The number of nitro benzene ring substituents is 1. The molecule has 0 amide bonds. The maximum Gasteiger partial charge on any atom is 0.289 e. The van der Waals surface area contributed by atoms with Crippen LogP contribution >= 0.6 is 0 Å². The molecule has 1 aromatic rings. The number of nitrogens with two attached hydrogens (primary N) is 1. The largest absolute Gasteiger partial charge is 0.390 e. The number of hydrogen-bond acceptors (Lipinski definition) is 4. The fourth-order valence-corrected chi connectivity index (χ4v) is 1.26. The molecule has 0 spiro atoms. The van der Waals surface area contributed by atoms with Crippen LogP contribution in [0.25, 0.3) is 0 Å². The molecule has 0 saturated carbocycles. The van der Waals surface area contributed by atoms with Gasteiger partial charge in [-0.1, -0.05) is 0 Å². The maximum absolute atomic E-state index is 13.1. The Balaban J connectivity index is 3.26. The first-order valence-corrected chi connectivity index (χ1v) is 4.47. The van der Waals surface area contributed by atoms with Gasteiger partial charge in [-0.15, -0.1) is 0 Å². The second kappa shape index (κ2) is 4.68. The van der Waals surface area contributed by atoms with Crippen molar-refractivity contribution in [2.24, 2.45) is 5.73 Å². The van der Waals surface area contributed by atoms with E-state index in [1.165, 1.54) is 0 Å². The SMILES string of the molecule is N[C@@H](c1ccc(F)cc1[N+](=O)[O-])C(F)(F)CO. The highest BCUT2D eigenvalue weighted by atomic mass is 19.3. The molecule has 0 fully saturated rings. The van der Waals surface area contributed by atoms with E-state index >= 15 is 0 Å². The Morgan fingerprint density at radius 1 is 1.53 bits per heavy atom. The number of nitrogens with zero attached hydrogens (tertiary/aromatic N) is 1. The molecule has 0 bridgehead atoms. The van der Waals surface area contributed by atoms with Gasteiger partial charge in [-0.3, -0.25) is 10.1 Å². The number of nitro groups is 1. The fraction of sp³-hybridized carbons (Fsp3) is 0.333. The molecule has 0 unspecified atom stereocenters. The van der Waals surface area contributed by atoms with Crippen LogP contribution in [0.4, 0.5) is 18.9 Å². The molecule has 17 heavy (non-hydrogen) atoms. The summed E-state index contributed by atoms with van der Waals surface area (Å²) >= 11 is 0. The van der Waals surface area contributed by atoms with E-state index in [9.17, 15) is 23.3 Å². The maximum atomic E-state index is 13.1. The number of halogens is 3. The molecule has 0 aliphatic heterocycles. The third kappa shape index (κ3) is 2.71. The Labute approximate surface area is 93.8 Å². The second-order valence-electron chi connectivity index (χ2n) is 3.36. The van der Waals surface area contributed by atoms with E-state index in [4.69, 9.17) is 10.8 Å². The van der Waals surface area contributed by atoms with Crippen molar-refractivity contribution in [3.05, 3.63) is 39.7 Å². The number of hydrogen-bond donors (Lipinski definition) is 2. The van der Waals surface area contributed by atoms with Crippen LogP contribution in [0.1, 0.15) is 11.6 Å². The zero-order valence-corrected chi connectivity index (χ0v) is 8.44. The Morgan fingerprint density at radius 2 is 2.12 bits per heavy atom. The van der Waals surface area contributed by atoms with Crippen molar-refractivity contribution in [3.8, 4) is 0 Å². The highest BCUT2D eigenvalue weighted by Gasteiger charge is 2.40. The second-order valence-corrected chi connectivity index (χ2v) is 3.36. The lowest BCUT2D eigenvalue weighted by Crippen LogP contribution is -2.36. The van der Waals surface area contributed by atoms with Crippen LogP contribution in [0.3, 0.4) is 0 Å². The summed E-state index contributed by atoms with van der Waals surface area (Å²) in [6.45, 7) is -1.55. The van der Waals surface area contributed by atoms with Gasteiger partial charge in [-0.2, -0.15) is 0 Å². The molecule has 0 radical (unpaired) electrons. The third-order valence-electron chi connectivity index (χ3n) is 2.19. The van der Waals surface area contributed by atoms with Crippen LogP contribution in [0.15, 0.2) is 18.2 Å². The summed E-state index contributed by atoms with van der Waals surface area (Å²) in [7, 11) is 0. The molecule has 3 N–H and O–H groups in total. The third-order valence-corrected chi connectivity index (χ3v) is 2.19. The predicted molar refractivity (Wildman–Crippen MR) is 52.0 cm³/mol. The Bertz CT molecular complexity index is 439. The molecule has 1 rings (SSSR count). The van der Waals surface area contributed by atoms with Gasteiger partial charge in [0.2, 0.25) is 0 Å². The number of rotatable bonds is 4. The van der Waals surface area contributed by atoms with E-state index in [1.54, 1.807) is 0 Å². The van der Waals surface area contributed by atoms with Gasteiger partial charge in [0.1, 0.15) is 18.5 Å². The summed E-state index contributed by atoms with van der Waals surface area (Å²) in [5.74, 6) is -4.65. The lowest BCUT2D eigenvalue weighted by Gasteiger charge is -2.21. The average molecular weight is 250 g/mol. The highest BCUT2D eigenvalue weighted by Crippen LogP contribution is 2.34. The number of alkyl halides is 2. The molecule has 1 atom stereocenters. The van der Waals surface area contributed by atoms with Gasteiger partial charge < -0.3 is 10.8 Å². The molecule has 0 aliphatic carbocycles. The minimum Gasteiger partial charge on any atom is -0.390 e. The van der Waals surface area contributed by atoms with E-state index < -0.39 is 40.6 Å². The fourth-order valence-electron chi connectivity index (χ4n) is 1.26. The van der Waals surface area contributed by atoms with Gasteiger partial charge in [-0.25, -0.2) is 13.2 Å². The van der Waals surface area contributed by atoms with Crippen LogP contribution in [0, 0.1) is 15.9 Å². The lowest BCUT2D eigenvalue weighted by molar-refractivity contribution is -0.386. The summed E-state index contributed by atoms with van der Waals surface area (Å²) in [5, 5.41) is 19.0. The quantitative estimate of drug-likeness (QED) is 0.623. The van der Waals surface area contributed by atoms with Crippen molar-refractivity contribution in [2.45, 2.75) is 12.0 Å². The number of benzene rings is 1. The number of aliphatic hydroxyl groups is 1. The van der Waals surface area contributed by atoms with E-state index in [2.05, 4.69) is 0 Å². The van der Waals surface area contributed by atoms with Gasteiger partial charge in [0.15, 0.2) is 0 Å². The monoisotopic (exact) mass is 250 g/mol. The first-order chi connectivity index (χ1) is 7.79. The van der Waals surface area contributed by atoms with Crippen LogP contribution in [0.2, 0.25) is 0 Å². The molecule has 8 heteroatoms. The predicted octanol–water partition coefficient (Wildman–Crippen LogP) is 1.36. The Hall–Kier alpha value is -1.67. The zero-order chi connectivity index (χ0) is 13.2. The summed E-state index contributed by atoms with van der Waals surface area (Å²) in [4.78, 5) is 9.56. The van der Waals surface area contributed by atoms with Crippen molar-refractivity contribution in [1.82, 2.24) is 0 Å². The van der Waals surface area contributed by atoms with Gasteiger partial charge in [0, 0.05) is 0 Å². The topological polar surface area (TPSA) is 89.4 Å². The minimum absolute atomic E-state index is 0.503. The lowest BCUT2D eigenvalue weighted by atomic mass is 10.00. The molecule has 0 aromatic heterocycles. The van der Waals surface area contributed by atoms with Crippen molar-refractivity contribution in [3.63, 3.8) is 0 Å². The van der Waals surface area contributed by atoms with Crippen LogP contribution in [0.5, 0.6) is 0 Å². The van der Waals surface area contributed by atoms with Crippen molar-refractivity contribution < 1.29 is 23.2 Å². The van der Waals surface area contributed by atoms with Crippen LogP contribution in [-0.4, -0.2) is 22.6 Å². The van der Waals surface area contributed by atoms with Gasteiger partial charge >= 0.3 is 0 Å². The molecular weight excluding hydrogens is 241 g/mol. The first-order valence-electron chi connectivity index (χ1n) is 4.47. The summed E-state index contributed by atoms with van der Waals surface area (Å²) in [5.41, 5.74) is 3.76. The van der Waals surface area contributed by atoms with Gasteiger partial charge in [0.25, 0.3) is 11.6 Å². The summed E-state index contributed by atoms with van der Waals surface area (Å²) in [6, 6.07) is 0.0218. The summed E-state index contributed by atoms with van der Waals surface area (Å²) in [6.07, 6.45) is 0. The van der Waals surface area contributed by atoms with Crippen LogP contribution in [-0.2, 0) is 0 Å². The first kappa shape index (κ1) is 13.4. The normalized spacial score (nSPS) is 13.5. The minimum atomic E-state index is -3.72. The molecule has 0 saturated heterocycles. The van der Waals surface area contributed by atoms with Gasteiger partial charge in [-0.05, 0) is 12.1 Å². The van der Waals surface area contributed by atoms with E-state index in [0.717, 1.165) is 12.1 Å². The molecule has 94 valence electrons. The van der Waals surface area contributed by atoms with Crippen LogP contribution < -0.4 is 5.73 Å². The van der Waals surface area contributed by atoms with Gasteiger partial charge in [0.05, 0.1) is 16.6 Å². The van der Waals surface area contributed by atoms with Crippen molar-refractivity contribution in [2.75, 3.05) is 6.61 Å². The molecule has 0 heterocycles. The van der Waals surface area contributed by atoms with Crippen molar-refractivity contribution >= 4 is 5.69 Å². The van der Waals surface area contributed by atoms with E-state index in [1.807, 2.05) is 0 Å². The van der Waals surface area contributed by atoms with Crippen molar-refractivity contribution in [1.29, 1.82) is 0 Å². The molecule has 0 aliphatic rings. The van der Waals surface area contributed by atoms with E-state index in [-0.39, 0.29) is 0 Å². The molecule has 5 nitrogen and oxygen atoms in total. The summed E-state index contributed by atoms with van der Waals surface area (Å²) < 4.78 is 38.9. The Kier molecular flexibility index (Phi) is 3.69. The zero-order valence-electron chi connectivity index (χ0n) is 8.44. The standard InChI is InChI=1S/C9H9F3N2O3/c10-5-1-2-6(7(3-5)14(16)17)8(13)9(11,12)4-15/h1-3,8,15H,4,13H2/t8-/m0/s1. The Morgan fingerprint density at radius 3 is 2.59 bits per heavy atom.